The van der Waals surface area contributed by atoms with Crippen LogP contribution in [0.25, 0.3) is 0 Å². The van der Waals surface area contributed by atoms with Gasteiger partial charge in [-0.05, 0) is 0 Å². The van der Waals surface area contributed by atoms with Gasteiger partial charge in [0.1, 0.15) is 5.69 Å². The molecule has 0 spiro atoms. The van der Waals surface area contributed by atoms with E-state index in [0.29, 0.717) is 17.9 Å². The first-order valence-corrected chi connectivity index (χ1v) is 3.80. The Kier molecular flexibility index (Phi) is 2.38. The highest BCUT2D eigenvalue weighted by atomic mass is 35.5. The summed E-state index contributed by atoms with van der Waals surface area (Å²) < 4.78 is 1.65. The van der Waals surface area contributed by atoms with Crippen molar-refractivity contribution >= 4 is 23.8 Å². The second kappa shape index (κ2) is 3.15. The van der Waals surface area contributed by atoms with Gasteiger partial charge in [0.2, 0.25) is 5.95 Å². The molecule has 12 heavy (non-hydrogen) atoms. The van der Waals surface area contributed by atoms with Crippen molar-refractivity contribution in [3.63, 3.8) is 0 Å². The number of rotatable bonds is 2. The Labute approximate surface area is 75.8 Å². The van der Waals surface area contributed by atoms with Crippen LogP contribution in [0.15, 0.2) is 0 Å². The van der Waals surface area contributed by atoms with Crippen LogP contribution >= 0.6 is 11.6 Å². The van der Waals surface area contributed by atoms with Gasteiger partial charge in [0, 0.05) is 21.1 Å². The Hall–Kier alpha value is -1.03. The van der Waals surface area contributed by atoms with E-state index >= 15 is 0 Å². The maximum absolute atomic E-state index is 10.5. The fourth-order valence-electron chi connectivity index (χ4n) is 0.994. The van der Waals surface area contributed by atoms with Crippen LogP contribution in [0, 0.1) is 0 Å². The van der Waals surface area contributed by atoms with Gasteiger partial charge in [0.05, 0.1) is 0 Å². The van der Waals surface area contributed by atoms with Crippen LogP contribution in [-0.2, 0) is 7.05 Å². The number of imidazole rings is 1. The first-order valence-electron chi connectivity index (χ1n) is 3.42. The van der Waals surface area contributed by atoms with Crippen LogP contribution in [0.3, 0.4) is 0 Å². The van der Waals surface area contributed by atoms with Gasteiger partial charge >= 0.3 is 0 Å². The molecule has 0 aliphatic carbocycles. The second-order valence-corrected chi connectivity index (χ2v) is 3.02. The van der Waals surface area contributed by atoms with Gasteiger partial charge in [-0.15, -0.1) is 0 Å². The predicted molar refractivity (Wildman–Crippen MR) is 47.9 cm³/mol. The largest absolute Gasteiger partial charge is 0.348 e. The van der Waals surface area contributed by atoms with Gasteiger partial charge in [0.15, 0.2) is 11.4 Å². The molecule has 0 radical (unpaired) electrons. The minimum absolute atomic E-state index is 0.246. The van der Waals surface area contributed by atoms with Crippen LogP contribution in [-0.4, -0.2) is 29.9 Å². The molecule has 0 atom stereocenters. The number of nitrogens with zero attached hydrogens (tertiary/aromatic N) is 3. The number of aromatic nitrogens is 2. The van der Waals surface area contributed by atoms with Gasteiger partial charge in [-0.3, -0.25) is 4.79 Å². The van der Waals surface area contributed by atoms with E-state index in [1.165, 1.54) is 0 Å². The maximum atomic E-state index is 10.5. The van der Waals surface area contributed by atoms with E-state index in [0.717, 1.165) is 0 Å². The average Bonchev–Trinajstić information content (AvgIpc) is 2.27. The molecule has 0 aliphatic rings. The number of carbonyl (C=O) groups excluding carboxylic acids is 1. The monoisotopic (exact) mass is 187 g/mol. The third kappa shape index (κ3) is 1.30. The lowest BCUT2D eigenvalue weighted by Gasteiger charge is -2.10. The van der Waals surface area contributed by atoms with Crippen molar-refractivity contribution in [2.75, 3.05) is 19.0 Å². The summed E-state index contributed by atoms with van der Waals surface area (Å²) in [6.45, 7) is 0. The Morgan fingerprint density at radius 1 is 1.58 bits per heavy atom. The van der Waals surface area contributed by atoms with Crippen LogP contribution in [0.4, 0.5) is 5.95 Å². The number of anilines is 1. The molecule has 0 unspecified atom stereocenters. The molecule has 4 nitrogen and oxygen atoms in total. The molecule has 0 fully saturated rings. The molecule has 1 aromatic heterocycles. The van der Waals surface area contributed by atoms with E-state index in [1.807, 2.05) is 14.1 Å². The summed E-state index contributed by atoms with van der Waals surface area (Å²) in [7, 11) is 5.43. The Bertz CT molecular complexity index is 306. The quantitative estimate of drug-likeness (QED) is 0.648. The summed E-state index contributed by atoms with van der Waals surface area (Å²) in [5.41, 5.74) is 0.403. The van der Waals surface area contributed by atoms with Crippen molar-refractivity contribution in [1.82, 2.24) is 9.55 Å². The van der Waals surface area contributed by atoms with E-state index < -0.39 is 0 Å². The summed E-state index contributed by atoms with van der Waals surface area (Å²) in [4.78, 5) is 16.3. The van der Waals surface area contributed by atoms with Gasteiger partial charge in [-0.25, -0.2) is 4.98 Å². The standard InChI is InChI=1S/C7H10ClN3O/c1-10(2)7-9-6(8)5(4-12)11(7)3/h4H,1-3H3. The Morgan fingerprint density at radius 2 is 2.17 bits per heavy atom. The zero-order chi connectivity index (χ0) is 9.30. The van der Waals surface area contributed by atoms with E-state index in [1.54, 1.807) is 16.5 Å². The smallest absolute Gasteiger partial charge is 0.206 e. The highest BCUT2D eigenvalue weighted by Gasteiger charge is 2.12. The second-order valence-electron chi connectivity index (χ2n) is 2.66. The highest BCUT2D eigenvalue weighted by Crippen LogP contribution is 2.18. The van der Waals surface area contributed by atoms with E-state index in [9.17, 15) is 4.79 Å². The fraction of sp³-hybridized carbons (Fsp3) is 0.429. The molecule has 0 aliphatic heterocycles. The van der Waals surface area contributed by atoms with Crippen molar-refractivity contribution in [2.24, 2.45) is 7.05 Å². The molecule has 1 aromatic rings. The van der Waals surface area contributed by atoms with Crippen molar-refractivity contribution < 1.29 is 4.79 Å². The minimum Gasteiger partial charge on any atom is -0.348 e. The van der Waals surface area contributed by atoms with Crippen molar-refractivity contribution in [2.45, 2.75) is 0 Å². The van der Waals surface area contributed by atoms with Crippen LogP contribution in [0.2, 0.25) is 5.15 Å². The van der Waals surface area contributed by atoms with E-state index in [-0.39, 0.29) is 5.15 Å². The third-order valence-electron chi connectivity index (χ3n) is 1.58. The average molecular weight is 188 g/mol. The molecule has 0 aromatic carbocycles. The van der Waals surface area contributed by atoms with Gasteiger partial charge in [-0.2, -0.15) is 0 Å². The van der Waals surface area contributed by atoms with E-state index in [4.69, 9.17) is 11.6 Å². The lowest BCUT2D eigenvalue weighted by Crippen LogP contribution is -2.14. The lowest BCUT2D eigenvalue weighted by atomic mass is 10.5. The molecule has 1 heterocycles. The number of halogens is 1. The normalized spacial score (nSPS) is 10.0. The highest BCUT2D eigenvalue weighted by molar-refractivity contribution is 6.31. The fourth-order valence-corrected chi connectivity index (χ4v) is 1.24. The zero-order valence-electron chi connectivity index (χ0n) is 7.21. The Balaban J connectivity index is 3.26. The van der Waals surface area contributed by atoms with Crippen molar-refractivity contribution in [3.8, 4) is 0 Å². The number of carbonyl (C=O) groups is 1. The molecule has 0 bridgehead atoms. The summed E-state index contributed by atoms with van der Waals surface area (Å²) in [5.74, 6) is 0.669. The molecule has 0 saturated carbocycles. The molecule has 0 saturated heterocycles. The number of aldehydes is 1. The number of hydrogen-bond acceptors (Lipinski definition) is 3. The molecule has 0 N–H and O–H groups in total. The molecular weight excluding hydrogens is 178 g/mol. The molecule has 5 heteroatoms. The third-order valence-corrected chi connectivity index (χ3v) is 1.86. The Morgan fingerprint density at radius 3 is 2.42 bits per heavy atom. The number of hydrogen-bond donors (Lipinski definition) is 0. The van der Waals surface area contributed by atoms with Crippen LogP contribution < -0.4 is 4.90 Å². The first kappa shape index (κ1) is 9.06. The summed E-state index contributed by atoms with van der Waals surface area (Å²) in [6.07, 6.45) is 0.697. The van der Waals surface area contributed by atoms with Gasteiger partial charge in [0.25, 0.3) is 0 Å². The van der Waals surface area contributed by atoms with Gasteiger partial charge in [-0.1, -0.05) is 11.6 Å². The van der Waals surface area contributed by atoms with Crippen LogP contribution in [0.1, 0.15) is 10.5 Å². The van der Waals surface area contributed by atoms with Crippen molar-refractivity contribution in [1.29, 1.82) is 0 Å². The molecule has 66 valence electrons. The lowest BCUT2D eigenvalue weighted by molar-refractivity contribution is 0.111. The summed E-state index contributed by atoms with van der Waals surface area (Å²) >= 11 is 5.70. The van der Waals surface area contributed by atoms with Crippen molar-refractivity contribution in [3.05, 3.63) is 10.8 Å². The predicted octanol–water partition coefficient (Wildman–Crippen LogP) is 0.952. The zero-order valence-corrected chi connectivity index (χ0v) is 7.96. The molecular formula is C7H10ClN3O. The molecule has 1 rings (SSSR count). The topological polar surface area (TPSA) is 38.1 Å². The SMILES string of the molecule is CN(C)c1nc(Cl)c(C=O)n1C. The summed E-state index contributed by atoms with van der Waals surface area (Å²) in [5, 5.41) is 0.246. The van der Waals surface area contributed by atoms with Crippen LogP contribution in [0.5, 0.6) is 0 Å². The molecule has 0 amide bonds. The van der Waals surface area contributed by atoms with Gasteiger partial charge < -0.3 is 9.47 Å². The summed E-state index contributed by atoms with van der Waals surface area (Å²) in [6, 6.07) is 0. The maximum Gasteiger partial charge on any atom is 0.206 e. The first-order chi connectivity index (χ1) is 5.57. The minimum atomic E-state index is 0.246. The van der Waals surface area contributed by atoms with E-state index in [2.05, 4.69) is 4.98 Å².